The molecule has 0 bridgehead atoms. The molecule has 0 aliphatic rings. The van der Waals surface area contributed by atoms with Crippen molar-refractivity contribution in [1.29, 1.82) is 0 Å². The van der Waals surface area contributed by atoms with Crippen molar-refractivity contribution in [3.63, 3.8) is 0 Å². The minimum atomic E-state index is 0.899. The third-order valence-corrected chi connectivity index (χ3v) is 2.72. The third-order valence-electron chi connectivity index (χ3n) is 2.40. The fraction of sp³-hybridized carbons (Fsp3) is 0.231. The Morgan fingerprint density at radius 3 is 2.62 bits per heavy atom. The molecule has 0 aliphatic carbocycles. The van der Waals surface area contributed by atoms with Gasteiger partial charge in [-0.3, -0.25) is 9.97 Å². The molecule has 2 nitrogen and oxygen atoms in total. The van der Waals surface area contributed by atoms with Gasteiger partial charge in [0.1, 0.15) is 0 Å². The van der Waals surface area contributed by atoms with E-state index in [-0.39, 0.29) is 0 Å². The molecular weight excluding hydrogens is 216 g/mol. The normalized spacial score (nSPS) is 10.3. The molecule has 0 aliphatic heterocycles. The molecule has 0 unspecified atom stereocenters. The number of aryl methyl sites for hydroxylation is 1. The molecule has 0 saturated carbocycles. The third kappa shape index (κ3) is 2.61. The number of nitrogens with zero attached hydrogens (tertiary/aromatic N) is 2. The minimum Gasteiger partial charge on any atom is -0.255 e. The predicted octanol–water partition coefficient (Wildman–Crippen LogP) is 3.01. The van der Waals surface area contributed by atoms with E-state index in [4.69, 9.17) is 0 Å². The summed E-state index contributed by atoms with van der Waals surface area (Å²) in [6.45, 7) is 0. The summed E-state index contributed by atoms with van der Waals surface area (Å²) >= 11 is 4.24. The fourth-order valence-corrected chi connectivity index (χ4v) is 1.80. The number of aromatic nitrogens is 2. The zero-order valence-corrected chi connectivity index (χ0v) is 9.90. The van der Waals surface area contributed by atoms with Crippen molar-refractivity contribution in [2.45, 2.75) is 12.8 Å². The van der Waals surface area contributed by atoms with E-state index in [0.717, 1.165) is 30.0 Å². The van der Waals surface area contributed by atoms with Gasteiger partial charge in [-0.25, -0.2) is 0 Å². The van der Waals surface area contributed by atoms with Crippen molar-refractivity contribution in [3.05, 3.63) is 48.3 Å². The molecule has 2 rings (SSSR count). The number of rotatable bonds is 4. The van der Waals surface area contributed by atoms with Crippen LogP contribution in [0.25, 0.3) is 11.4 Å². The van der Waals surface area contributed by atoms with Crippen LogP contribution in [0.3, 0.4) is 0 Å². The van der Waals surface area contributed by atoms with E-state index in [1.807, 2.05) is 30.5 Å². The van der Waals surface area contributed by atoms with Gasteiger partial charge >= 0.3 is 0 Å². The van der Waals surface area contributed by atoms with Gasteiger partial charge in [0.05, 0.1) is 11.4 Å². The number of pyridine rings is 2. The molecule has 82 valence electrons. The van der Waals surface area contributed by atoms with Crippen LogP contribution in [0, 0.1) is 0 Å². The highest BCUT2D eigenvalue weighted by atomic mass is 32.1. The molecule has 0 atom stereocenters. The first-order valence-corrected chi connectivity index (χ1v) is 6.01. The first-order chi connectivity index (χ1) is 7.92. The van der Waals surface area contributed by atoms with Crippen LogP contribution in [-0.2, 0) is 6.42 Å². The van der Waals surface area contributed by atoms with Gasteiger partial charge in [0.2, 0.25) is 0 Å². The van der Waals surface area contributed by atoms with Gasteiger partial charge in [-0.05, 0) is 42.4 Å². The molecule has 3 heteroatoms. The minimum absolute atomic E-state index is 0.899. The highest BCUT2D eigenvalue weighted by Gasteiger charge is 2.05. The second-order valence-electron chi connectivity index (χ2n) is 3.55. The van der Waals surface area contributed by atoms with E-state index in [1.54, 1.807) is 6.20 Å². The standard InChI is InChI=1S/C13H14N2S/c16-10-4-6-11-5-3-9-15-13(11)12-7-1-2-8-14-12/h1-3,5,7-9,16H,4,6,10H2. The van der Waals surface area contributed by atoms with E-state index in [1.165, 1.54) is 5.56 Å². The summed E-state index contributed by atoms with van der Waals surface area (Å²) in [4.78, 5) is 8.75. The molecule has 0 N–H and O–H groups in total. The van der Waals surface area contributed by atoms with Gasteiger partial charge < -0.3 is 0 Å². The summed E-state index contributed by atoms with van der Waals surface area (Å²) in [5.41, 5.74) is 3.18. The van der Waals surface area contributed by atoms with Gasteiger partial charge in [-0.2, -0.15) is 12.6 Å². The largest absolute Gasteiger partial charge is 0.255 e. The smallest absolute Gasteiger partial charge is 0.0918 e. The van der Waals surface area contributed by atoms with E-state index in [0.29, 0.717) is 0 Å². The Labute approximate surface area is 101 Å². The van der Waals surface area contributed by atoms with Crippen molar-refractivity contribution in [2.75, 3.05) is 5.75 Å². The molecule has 0 aromatic carbocycles. The maximum atomic E-state index is 4.41. The van der Waals surface area contributed by atoms with Crippen LogP contribution < -0.4 is 0 Å². The van der Waals surface area contributed by atoms with Crippen molar-refractivity contribution in [2.24, 2.45) is 0 Å². The molecule has 0 fully saturated rings. The first-order valence-electron chi connectivity index (χ1n) is 5.38. The lowest BCUT2D eigenvalue weighted by Crippen LogP contribution is -1.95. The monoisotopic (exact) mass is 230 g/mol. The van der Waals surface area contributed by atoms with Crippen molar-refractivity contribution in [1.82, 2.24) is 9.97 Å². The summed E-state index contributed by atoms with van der Waals surface area (Å²) in [6.07, 6.45) is 5.68. The summed E-state index contributed by atoms with van der Waals surface area (Å²) in [5.74, 6) is 0.899. The van der Waals surface area contributed by atoms with E-state index in [2.05, 4.69) is 28.7 Å². The first kappa shape index (κ1) is 11.1. The van der Waals surface area contributed by atoms with E-state index in [9.17, 15) is 0 Å². The van der Waals surface area contributed by atoms with Crippen molar-refractivity contribution < 1.29 is 0 Å². The molecule has 2 aromatic heterocycles. The Morgan fingerprint density at radius 1 is 1.00 bits per heavy atom. The van der Waals surface area contributed by atoms with Crippen LogP contribution in [-0.4, -0.2) is 15.7 Å². The van der Waals surface area contributed by atoms with Crippen LogP contribution in [0.15, 0.2) is 42.7 Å². The fourth-order valence-electron chi connectivity index (χ4n) is 1.64. The van der Waals surface area contributed by atoms with E-state index < -0.39 is 0 Å². The number of hydrogen-bond donors (Lipinski definition) is 1. The Bertz CT molecular complexity index is 443. The number of thiol groups is 1. The highest BCUT2D eigenvalue weighted by molar-refractivity contribution is 7.80. The van der Waals surface area contributed by atoms with Crippen LogP contribution in [0.2, 0.25) is 0 Å². The lowest BCUT2D eigenvalue weighted by molar-refractivity contribution is 0.928. The highest BCUT2D eigenvalue weighted by Crippen LogP contribution is 2.19. The average molecular weight is 230 g/mol. The second-order valence-corrected chi connectivity index (χ2v) is 4.00. The van der Waals surface area contributed by atoms with Gasteiger partial charge in [0.25, 0.3) is 0 Å². The number of hydrogen-bond acceptors (Lipinski definition) is 3. The molecule has 2 aromatic rings. The van der Waals surface area contributed by atoms with Crippen LogP contribution in [0.5, 0.6) is 0 Å². The van der Waals surface area contributed by atoms with E-state index >= 15 is 0 Å². The SMILES string of the molecule is SCCCc1cccnc1-c1ccccn1. The van der Waals surface area contributed by atoms with Gasteiger partial charge in [-0.15, -0.1) is 0 Å². The molecule has 2 heterocycles. The Morgan fingerprint density at radius 2 is 1.88 bits per heavy atom. The Kier molecular flexibility index (Phi) is 3.94. The maximum Gasteiger partial charge on any atom is 0.0918 e. The summed E-state index contributed by atoms with van der Waals surface area (Å²) in [6, 6.07) is 9.98. The second kappa shape index (κ2) is 5.66. The summed E-state index contributed by atoms with van der Waals surface area (Å²) < 4.78 is 0. The van der Waals surface area contributed by atoms with Crippen LogP contribution in [0.4, 0.5) is 0 Å². The quantitative estimate of drug-likeness (QED) is 0.817. The summed E-state index contributed by atoms with van der Waals surface area (Å²) in [7, 11) is 0. The molecule has 16 heavy (non-hydrogen) atoms. The van der Waals surface area contributed by atoms with Crippen molar-refractivity contribution in [3.8, 4) is 11.4 Å². The van der Waals surface area contributed by atoms with Crippen LogP contribution in [0.1, 0.15) is 12.0 Å². The molecular formula is C13H14N2S. The molecule has 0 saturated heterocycles. The van der Waals surface area contributed by atoms with Gasteiger partial charge in [0, 0.05) is 12.4 Å². The zero-order valence-electron chi connectivity index (χ0n) is 9.00. The van der Waals surface area contributed by atoms with Crippen LogP contribution >= 0.6 is 12.6 Å². The molecule has 0 amide bonds. The average Bonchev–Trinajstić information content (AvgIpc) is 2.38. The van der Waals surface area contributed by atoms with Gasteiger partial charge in [-0.1, -0.05) is 12.1 Å². The maximum absolute atomic E-state index is 4.41. The lowest BCUT2D eigenvalue weighted by atomic mass is 10.1. The lowest BCUT2D eigenvalue weighted by Gasteiger charge is -2.06. The molecule has 0 radical (unpaired) electrons. The Balaban J connectivity index is 2.33. The Hall–Kier alpha value is -1.35. The zero-order chi connectivity index (χ0) is 11.2. The van der Waals surface area contributed by atoms with Gasteiger partial charge in [0.15, 0.2) is 0 Å². The topological polar surface area (TPSA) is 25.8 Å². The molecule has 0 spiro atoms. The van der Waals surface area contributed by atoms with Crippen molar-refractivity contribution >= 4 is 12.6 Å². The predicted molar refractivity (Wildman–Crippen MR) is 69.6 cm³/mol. The summed E-state index contributed by atoms with van der Waals surface area (Å²) in [5, 5.41) is 0.